The molecule has 3 aromatic carbocycles. The minimum absolute atomic E-state index is 0.0549. The van der Waals surface area contributed by atoms with Gasteiger partial charge in [0.05, 0.1) is 23.8 Å². The first-order chi connectivity index (χ1) is 16.6. The van der Waals surface area contributed by atoms with E-state index >= 15 is 0 Å². The molecule has 4 nitrogen and oxygen atoms in total. The Labute approximate surface area is 221 Å². The number of halogens is 6. The largest absolute Gasteiger partial charge is 0.465 e. The summed E-state index contributed by atoms with van der Waals surface area (Å²) in [5.74, 6) is -1.72. The van der Waals surface area contributed by atoms with Crippen LogP contribution in [0.2, 0.25) is 0 Å². The van der Waals surface area contributed by atoms with Gasteiger partial charge >= 0.3 is 5.97 Å². The normalized spacial score (nSPS) is 11.9. The Morgan fingerprint density at radius 1 is 0.886 bits per heavy atom. The maximum Gasteiger partial charge on any atom is 0.340 e. The van der Waals surface area contributed by atoms with Gasteiger partial charge in [-0.1, -0.05) is 37.9 Å². The van der Waals surface area contributed by atoms with Crippen molar-refractivity contribution in [2.45, 2.75) is 18.8 Å². The van der Waals surface area contributed by atoms with E-state index in [0.29, 0.717) is 21.1 Å². The molecule has 0 unspecified atom stereocenters. The van der Waals surface area contributed by atoms with Crippen LogP contribution in [0.15, 0.2) is 63.5 Å². The van der Waals surface area contributed by atoms with E-state index < -0.39 is 28.7 Å². The zero-order chi connectivity index (χ0) is 26.1. The van der Waals surface area contributed by atoms with E-state index in [4.69, 9.17) is 11.6 Å². The van der Waals surface area contributed by atoms with Crippen LogP contribution in [0, 0.1) is 17.5 Å². The lowest BCUT2D eigenvalue weighted by atomic mass is 10.1. The molecule has 0 aromatic heterocycles. The Morgan fingerprint density at radius 3 is 1.83 bits per heavy atom. The van der Waals surface area contributed by atoms with Crippen LogP contribution >= 0.6 is 43.5 Å². The fraction of sp³-hybridized carbons (Fsp3) is 0.160. The SMILES string of the molecule is COC(=O)c1ccc(Br)cc1F.O=C(Cl)c1ccc(Br)cc1F.O=Cc1ccc(C2CC2)cc1F. The smallest absolute Gasteiger partial charge is 0.340 e. The summed E-state index contributed by atoms with van der Waals surface area (Å²) in [5.41, 5.74) is 1.02. The first-order valence-electron chi connectivity index (χ1n) is 10.00. The van der Waals surface area contributed by atoms with Crippen molar-refractivity contribution in [1.82, 2.24) is 0 Å². The Hall–Kier alpha value is -2.49. The van der Waals surface area contributed by atoms with Gasteiger partial charge in [-0.3, -0.25) is 9.59 Å². The number of aldehydes is 1. The molecule has 1 fully saturated rings. The third kappa shape index (κ3) is 8.91. The van der Waals surface area contributed by atoms with Crippen molar-refractivity contribution < 1.29 is 32.3 Å². The van der Waals surface area contributed by atoms with Gasteiger partial charge < -0.3 is 4.74 Å². The number of hydrogen-bond acceptors (Lipinski definition) is 4. The first kappa shape index (κ1) is 28.7. The number of rotatable bonds is 4. The minimum atomic E-state index is -0.782. The predicted molar refractivity (Wildman–Crippen MR) is 133 cm³/mol. The van der Waals surface area contributed by atoms with Crippen molar-refractivity contribution in [2.24, 2.45) is 0 Å². The van der Waals surface area contributed by atoms with Gasteiger partial charge in [-0.25, -0.2) is 18.0 Å². The highest BCUT2D eigenvalue weighted by atomic mass is 79.9. The van der Waals surface area contributed by atoms with Crippen LogP contribution in [0.5, 0.6) is 0 Å². The van der Waals surface area contributed by atoms with E-state index in [1.165, 1.54) is 37.4 Å². The molecule has 4 rings (SSSR count). The van der Waals surface area contributed by atoms with E-state index in [1.807, 2.05) is 6.07 Å². The van der Waals surface area contributed by atoms with Crippen molar-refractivity contribution in [3.63, 3.8) is 0 Å². The van der Waals surface area contributed by atoms with Crippen LogP contribution in [0.3, 0.4) is 0 Å². The molecule has 0 bridgehead atoms. The Bertz CT molecular complexity index is 1230. The van der Waals surface area contributed by atoms with Crippen LogP contribution < -0.4 is 0 Å². The standard InChI is InChI=1S/C10H9FO.C8H6BrFO2.C7H3BrClFO/c11-10-5-8(7-1-2-7)3-4-9(10)6-12;1-12-8(11)6-3-2-5(9)4-7(6)10;8-4-1-2-5(7(9)11)6(10)3-4/h3-7H,1-2H2;2-4H,1H3;1-3H. The molecule has 10 heteroatoms. The van der Waals surface area contributed by atoms with Crippen LogP contribution in [-0.4, -0.2) is 24.6 Å². The van der Waals surface area contributed by atoms with E-state index in [1.54, 1.807) is 18.2 Å². The lowest BCUT2D eigenvalue weighted by Gasteiger charge is -2.00. The Balaban J connectivity index is 0.000000185. The van der Waals surface area contributed by atoms with Crippen LogP contribution in [0.4, 0.5) is 13.2 Å². The molecule has 0 aliphatic heterocycles. The maximum atomic E-state index is 13.0. The number of esters is 1. The number of carbonyl (C=O) groups excluding carboxylic acids is 3. The highest BCUT2D eigenvalue weighted by molar-refractivity contribution is 9.10. The highest BCUT2D eigenvalue weighted by Gasteiger charge is 2.24. The van der Waals surface area contributed by atoms with Gasteiger partial charge in [0.15, 0.2) is 6.29 Å². The van der Waals surface area contributed by atoms with Gasteiger partial charge in [-0.15, -0.1) is 0 Å². The predicted octanol–water partition coefficient (Wildman–Crippen LogP) is 7.86. The summed E-state index contributed by atoms with van der Waals surface area (Å²) in [7, 11) is 1.21. The summed E-state index contributed by atoms with van der Waals surface area (Å²) in [6.45, 7) is 0. The molecule has 0 atom stereocenters. The summed E-state index contributed by atoms with van der Waals surface area (Å²) in [4.78, 5) is 31.6. The molecule has 0 saturated heterocycles. The molecule has 184 valence electrons. The number of carbonyl (C=O) groups is 3. The van der Waals surface area contributed by atoms with Crippen molar-refractivity contribution >= 4 is 61.0 Å². The summed E-state index contributed by atoms with van der Waals surface area (Å²) in [5, 5.41) is -0.782. The molecule has 1 saturated carbocycles. The fourth-order valence-electron chi connectivity index (χ4n) is 2.72. The second kappa shape index (κ2) is 13.6. The van der Waals surface area contributed by atoms with E-state index in [2.05, 4.69) is 36.6 Å². The van der Waals surface area contributed by atoms with Crippen LogP contribution in [0.1, 0.15) is 55.4 Å². The molecule has 35 heavy (non-hydrogen) atoms. The van der Waals surface area contributed by atoms with Gasteiger partial charge in [0.2, 0.25) is 0 Å². The van der Waals surface area contributed by atoms with Gasteiger partial charge in [0, 0.05) is 8.95 Å². The summed E-state index contributed by atoms with van der Waals surface area (Å²) < 4.78 is 44.3. The van der Waals surface area contributed by atoms with E-state index in [9.17, 15) is 27.6 Å². The van der Waals surface area contributed by atoms with Gasteiger partial charge in [-0.05, 0) is 84.5 Å². The van der Waals surface area contributed by atoms with Crippen molar-refractivity contribution in [2.75, 3.05) is 7.11 Å². The van der Waals surface area contributed by atoms with Gasteiger partial charge in [-0.2, -0.15) is 0 Å². The molecule has 0 N–H and O–H groups in total. The number of methoxy groups -OCH3 is 1. The quantitative estimate of drug-likeness (QED) is 0.167. The van der Waals surface area contributed by atoms with Gasteiger partial charge in [0.1, 0.15) is 17.5 Å². The summed E-state index contributed by atoms with van der Waals surface area (Å²) >= 11 is 11.2. The van der Waals surface area contributed by atoms with Gasteiger partial charge in [0.25, 0.3) is 5.24 Å². The Morgan fingerprint density at radius 2 is 1.43 bits per heavy atom. The zero-order valence-corrected chi connectivity index (χ0v) is 22.1. The highest BCUT2D eigenvalue weighted by Crippen LogP contribution is 2.40. The average molecular weight is 635 g/mol. The first-order valence-corrected chi connectivity index (χ1v) is 12.0. The molecule has 0 spiro atoms. The lowest BCUT2D eigenvalue weighted by Crippen LogP contribution is -2.03. The average Bonchev–Trinajstić information content (AvgIpc) is 3.65. The third-order valence-corrected chi connectivity index (χ3v) is 5.87. The third-order valence-electron chi connectivity index (χ3n) is 4.68. The molecular weight excluding hydrogens is 617 g/mol. The molecule has 3 aromatic rings. The van der Waals surface area contributed by atoms with Crippen LogP contribution in [0.25, 0.3) is 0 Å². The second-order valence-corrected chi connectivity index (χ2v) is 9.36. The monoisotopic (exact) mass is 632 g/mol. The Kier molecular flexibility index (Phi) is 11.1. The molecular formula is C25H18Br2ClF3O4. The van der Waals surface area contributed by atoms with Crippen LogP contribution in [-0.2, 0) is 4.74 Å². The fourth-order valence-corrected chi connectivity index (χ4v) is 3.54. The molecule has 0 amide bonds. The summed E-state index contributed by atoms with van der Waals surface area (Å²) in [6, 6.07) is 13.1. The molecule has 0 heterocycles. The van der Waals surface area contributed by atoms with Crippen molar-refractivity contribution in [3.05, 3.63) is 103 Å². The zero-order valence-electron chi connectivity index (χ0n) is 18.2. The number of hydrogen-bond donors (Lipinski definition) is 0. The van der Waals surface area contributed by atoms with E-state index in [-0.39, 0.29) is 16.7 Å². The maximum absolute atomic E-state index is 13.0. The lowest BCUT2D eigenvalue weighted by molar-refractivity contribution is 0.0595. The molecule has 1 aliphatic rings. The number of benzene rings is 3. The molecule has 1 aliphatic carbocycles. The molecule has 0 radical (unpaired) electrons. The topological polar surface area (TPSA) is 60.4 Å². The minimum Gasteiger partial charge on any atom is -0.465 e. The van der Waals surface area contributed by atoms with Crippen molar-refractivity contribution in [3.8, 4) is 0 Å². The summed E-state index contributed by atoms with van der Waals surface area (Å²) in [6.07, 6.45) is 2.85. The number of ether oxygens (including phenoxy) is 1. The van der Waals surface area contributed by atoms with E-state index in [0.717, 1.165) is 18.4 Å². The second-order valence-electron chi connectivity index (χ2n) is 7.19. The van der Waals surface area contributed by atoms with Crippen molar-refractivity contribution in [1.29, 1.82) is 0 Å².